The molecule has 2 fully saturated rings. The Morgan fingerprint density at radius 3 is 2.00 bits per heavy atom. The highest BCUT2D eigenvalue weighted by Crippen LogP contribution is 2.35. The van der Waals surface area contributed by atoms with Crippen LogP contribution in [0.1, 0.15) is 72.1 Å². The van der Waals surface area contributed by atoms with Gasteiger partial charge in [0.2, 0.25) is 0 Å². The van der Waals surface area contributed by atoms with Crippen molar-refractivity contribution in [3.8, 4) is 0 Å². The van der Waals surface area contributed by atoms with Gasteiger partial charge < -0.3 is 5.11 Å². The largest absolute Gasteiger partial charge is 0.391 e. The molecule has 0 spiro atoms. The van der Waals surface area contributed by atoms with Crippen molar-refractivity contribution in [3.05, 3.63) is 0 Å². The van der Waals surface area contributed by atoms with Crippen LogP contribution >= 0.6 is 0 Å². The second kappa shape index (κ2) is 6.58. The van der Waals surface area contributed by atoms with E-state index in [2.05, 4.69) is 25.7 Å². The van der Waals surface area contributed by atoms with Crippen molar-refractivity contribution >= 4 is 0 Å². The summed E-state index contributed by atoms with van der Waals surface area (Å²) >= 11 is 0. The van der Waals surface area contributed by atoms with Crippen LogP contribution in [0.4, 0.5) is 0 Å². The van der Waals surface area contributed by atoms with E-state index in [-0.39, 0.29) is 6.10 Å². The van der Waals surface area contributed by atoms with Crippen LogP contribution in [-0.4, -0.2) is 35.2 Å². The average Bonchev–Trinajstić information content (AvgIpc) is 2.34. The Bertz CT molecular complexity index is 263. The molecule has 0 radical (unpaired) electrons. The molecule has 0 bridgehead atoms. The summed E-state index contributed by atoms with van der Waals surface area (Å²) in [7, 11) is 0. The third-order valence-electron chi connectivity index (χ3n) is 5.42. The van der Waals surface area contributed by atoms with Crippen molar-refractivity contribution in [1.29, 1.82) is 0 Å². The van der Waals surface area contributed by atoms with E-state index >= 15 is 0 Å². The number of aliphatic hydroxyl groups excluding tert-OH is 1. The normalized spacial score (nSPS) is 32.8. The Labute approximate surface area is 119 Å². The molecule has 2 nitrogen and oxygen atoms in total. The lowest BCUT2D eigenvalue weighted by Crippen LogP contribution is -2.49. The summed E-state index contributed by atoms with van der Waals surface area (Å²) in [5.41, 5.74) is 0.450. The summed E-state index contributed by atoms with van der Waals surface area (Å²) in [6, 6.07) is 0.446. The summed E-state index contributed by atoms with van der Waals surface area (Å²) in [5, 5.41) is 10.4. The fraction of sp³-hybridized carbons (Fsp3) is 1.00. The molecule has 0 aromatic heterocycles. The van der Waals surface area contributed by atoms with Gasteiger partial charge in [0, 0.05) is 6.04 Å². The first-order chi connectivity index (χ1) is 8.98. The minimum Gasteiger partial charge on any atom is -0.391 e. The molecule has 1 saturated carbocycles. The number of rotatable bonds is 1. The number of piperidine rings is 1. The van der Waals surface area contributed by atoms with Crippen LogP contribution in [0.5, 0.6) is 0 Å². The Kier molecular flexibility index (Phi) is 5.30. The highest BCUT2D eigenvalue weighted by Gasteiger charge is 2.33. The van der Waals surface area contributed by atoms with Gasteiger partial charge in [-0.25, -0.2) is 0 Å². The van der Waals surface area contributed by atoms with E-state index in [4.69, 9.17) is 0 Å². The second-order valence-electron chi connectivity index (χ2n) is 7.80. The summed E-state index contributed by atoms with van der Waals surface area (Å²) < 4.78 is 0. The fourth-order valence-electron chi connectivity index (χ4n) is 3.97. The second-order valence-corrected chi connectivity index (χ2v) is 7.80. The van der Waals surface area contributed by atoms with Gasteiger partial charge in [-0.1, -0.05) is 46.5 Å². The van der Waals surface area contributed by atoms with Gasteiger partial charge in [-0.3, -0.25) is 4.90 Å². The first-order valence-electron chi connectivity index (χ1n) is 8.40. The maximum absolute atomic E-state index is 10.4. The summed E-state index contributed by atoms with van der Waals surface area (Å²) in [6.45, 7) is 9.52. The molecule has 0 amide bonds. The summed E-state index contributed by atoms with van der Waals surface area (Å²) in [5.74, 6) is 0.856. The molecule has 2 unspecified atom stereocenters. The number of aliphatic hydroxyl groups is 1. The van der Waals surface area contributed by atoms with Crippen molar-refractivity contribution in [3.63, 3.8) is 0 Å². The molecule has 2 atom stereocenters. The van der Waals surface area contributed by atoms with Crippen LogP contribution in [0.3, 0.4) is 0 Å². The van der Waals surface area contributed by atoms with E-state index in [1.807, 2.05) is 0 Å². The molecular weight excluding hydrogens is 234 g/mol. The lowest BCUT2D eigenvalue weighted by molar-refractivity contribution is 0.00257. The molecule has 0 aromatic rings. The Balaban J connectivity index is 1.88. The molecule has 1 N–H and O–H groups in total. The first kappa shape index (κ1) is 15.3. The minimum absolute atomic E-state index is 0.0773. The molecule has 2 rings (SSSR count). The monoisotopic (exact) mass is 267 g/mol. The number of hydrogen-bond acceptors (Lipinski definition) is 2. The third kappa shape index (κ3) is 4.19. The van der Waals surface area contributed by atoms with Crippen LogP contribution in [0, 0.1) is 11.3 Å². The minimum atomic E-state index is -0.0773. The highest BCUT2D eigenvalue weighted by molar-refractivity contribution is 4.87. The highest BCUT2D eigenvalue weighted by atomic mass is 16.3. The molecular formula is C17H33NO. The molecule has 112 valence electrons. The van der Waals surface area contributed by atoms with Gasteiger partial charge in [0.25, 0.3) is 0 Å². The van der Waals surface area contributed by atoms with E-state index in [1.54, 1.807) is 0 Å². The van der Waals surface area contributed by atoms with E-state index in [9.17, 15) is 5.11 Å². The molecule has 2 heteroatoms. The van der Waals surface area contributed by atoms with Gasteiger partial charge in [-0.15, -0.1) is 0 Å². The van der Waals surface area contributed by atoms with Crippen molar-refractivity contribution in [2.45, 2.75) is 84.3 Å². The Morgan fingerprint density at radius 2 is 1.42 bits per heavy atom. The van der Waals surface area contributed by atoms with Crippen molar-refractivity contribution in [2.24, 2.45) is 11.3 Å². The zero-order valence-electron chi connectivity index (χ0n) is 13.2. The number of likely N-dealkylation sites (tertiary alicyclic amines) is 1. The zero-order chi connectivity index (χ0) is 13.9. The van der Waals surface area contributed by atoms with Gasteiger partial charge >= 0.3 is 0 Å². The maximum Gasteiger partial charge on any atom is 0.0695 e. The van der Waals surface area contributed by atoms with E-state index in [1.165, 1.54) is 58.0 Å². The summed E-state index contributed by atoms with van der Waals surface area (Å²) in [6.07, 6.45) is 9.98. The van der Waals surface area contributed by atoms with Crippen LogP contribution in [0.15, 0.2) is 0 Å². The van der Waals surface area contributed by atoms with Gasteiger partial charge in [0.1, 0.15) is 0 Å². The van der Waals surface area contributed by atoms with Crippen molar-refractivity contribution in [1.82, 2.24) is 4.90 Å². The molecule has 1 saturated heterocycles. The van der Waals surface area contributed by atoms with E-state index in [0.29, 0.717) is 11.5 Å². The number of nitrogens with zero attached hydrogens (tertiary/aromatic N) is 1. The van der Waals surface area contributed by atoms with Crippen LogP contribution in [-0.2, 0) is 0 Å². The molecule has 19 heavy (non-hydrogen) atoms. The van der Waals surface area contributed by atoms with Crippen LogP contribution in [0.25, 0.3) is 0 Å². The number of hydrogen-bond donors (Lipinski definition) is 1. The SMILES string of the molecule is CC(C)(C)C1CCN(C2CCCCCCC2O)CC1. The first-order valence-corrected chi connectivity index (χ1v) is 8.40. The van der Waals surface area contributed by atoms with Gasteiger partial charge in [-0.2, -0.15) is 0 Å². The average molecular weight is 267 g/mol. The smallest absolute Gasteiger partial charge is 0.0695 e. The van der Waals surface area contributed by atoms with E-state index in [0.717, 1.165) is 12.3 Å². The quantitative estimate of drug-likeness (QED) is 0.780. The predicted octanol–water partition coefficient (Wildman–Crippen LogP) is 3.83. The van der Waals surface area contributed by atoms with E-state index < -0.39 is 0 Å². The Hall–Kier alpha value is -0.0800. The van der Waals surface area contributed by atoms with Gasteiger partial charge in [0.05, 0.1) is 6.10 Å². The molecule has 1 heterocycles. The topological polar surface area (TPSA) is 23.5 Å². The maximum atomic E-state index is 10.4. The molecule has 0 aromatic carbocycles. The fourth-order valence-corrected chi connectivity index (χ4v) is 3.97. The summed E-state index contributed by atoms with van der Waals surface area (Å²) in [4.78, 5) is 2.60. The van der Waals surface area contributed by atoms with Gasteiger partial charge in [0.15, 0.2) is 0 Å². The Morgan fingerprint density at radius 1 is 0.842 bits per heavy atom. The predicted molar refractivity (Wildman–Crippen MR) is 81.2 cm³/mol. The molecule has 1 aliphatic heterocycles. The lowest BCUT2D eigenvalue weighted by atomic mass is 9.75. The van der Waals surface area contributed by atoms with Gasteiger partial charge in [-0.05, 0) is 50.1 Å². The lowest BCUT2D eigenvalue weighted by Gasteiger charge is -2.43. The van der Waals surface area contributed by atoms with Crippen LogP contribution < -0.4 is 0 Å². The zero-order valence-corrected chi connectivity index (χ0v) is 13.2. The molecule has 1 aliphatic carbocycles. The van der Waals surface area contributed by atoms with Crippen LogP contribution in [0.2, 0.25) is 0 Å². The standard InChI is InChI=1S/C17H33NO/c1-17(2,3)14-10-12-18(13-11-14)15-8-6-4-5-7-9-16(15)19/h14-16,19H,4-13H2,1-3H3. The van der Waals surface area contributed by atoms with Crippen molar-refractivity contribution in [2.75, 3.05) is 13.1 Å². The molecule has 2 aliphatic rings. The van der Waals surface area contributed by atoms with Crippen molar-refractivity contribution < 1.29 is 5.11 Å². The third-order valence-corrected chi connectivity index (χ3v) is 5.42.